The summed E-state index contributed by atoms with van der Waals surface area (Å²) in [5.41, 5.74) is 0. The fourth-order valence-electron chi connectivity index (χ4n) is 9.30. The smallest absolute Gasteiger partial charge is 0.306 e. The molecule has 424 valence electrons. The van der Waals surface area contributed by atoms with Gasteiger partial charge in [0.05, 0.1) is 0 Å². The number of hydrogen-bond donors (Lipinski definition) is 0. The first kappa shape index (κ1) is 70.1. The molecule has 0 N–H and O–H groups in total. The average Bonchev–Trinajstić information content (AvgIpc) is 3.39. The second-order valence-electron chi connectivity index (χ2n) is 21.3. The lowest BCUT2D eigenvalue weighted by Crippen LogP contribution is -2.30. The molecule has 0 fully saturated rings. The molecule has 0 rings (SSSR count). The lowest BCUT2D eigenvalue weighted by molar-refractivity contribution is -0.167. The summed E-state index contributed by atoms with van der Waals surface area (Å²) in [5, 5.41) is 0. The van der Waals surface area contributed by atoms with Crippen molar-refractivity contribution < 1.29 is 28.6 Å². The van der Waals surface area contributed by atoms with Crippen LogP contribution in [0.2, 0.25) is 0 Å². The van der Waals surface area contributed by atoms with E-state index in [4.69, 9.17) is 14.2 Å². The molecule has 0 aliphatic heterocycles. The minimum atomic E-state index is -0.772. The first-order chi connectivity index (χ1) is 36.0. The monoisotopic (exact) mass is 1020 g/mol. The summed E-state index contributed by atoms with van der Waals surface area (Å²) in [7, 11) is 0. The zero-order chi connectivity index (χ0) is 52.9. The Morgan fingerprint density at radius 1 is 0.288 bits per heavy atom. The van der Waals surface area contributed by atoms with Crippen LogP contribution in [0.5, 0.6) is 0 Å². The summed E-state index contributed by atoms with van der Waals surface area (Å²) in [6, 6.07) is 0. The van der Waals surface area contributed by atoms with E-state index < -0.39 is 6.10 Å². The van der Waals surface area contributed by atoms with Gasteiger partial charge in [-0.1, -0.05) is 306 Å². The minimum absolute atomic E-state index is 0.0718. The van der Waals surface area contributed by atoms with Gasteiger partial charge in [-0.15, -0.1) is 0 Å². The van der Waals surface area contributed by atoms with Gasteiger partial charge in [-0.05, 0) is 64.2 Å². The van der Waals surface area contributed by atoms with Gasteiger partial charge in [0, 0.05) is 19.3 Å². The Morgan fingerprint density at radius 2 is 0.534 bits per heavy atom. The number of hydrogen-bond acceptors (Lipinski definition) is 6. The van der Waals surface area contributed by atoms with Crippen molar-refractivity contribution in [2.24, 2.45) is 0 Å². The van der Waals surface area contributed by atoms with Gasteiger partial charge in [0.25, 0.3) is 0 Å². The van der Waals surface area contributed by atoms with Crippen LogP contribution in [0, 0.1) is 0 Å². The molecule has 0 aromatic heterocycles. The molecule has 0 aromatic carbocycles. The van der Waals surface area contributed by atoms with Crippen LogP contribution in [-0.2, 0) is 28.6 Å². The summed E-state index contributed by atoms with van der Waals surface area (Å²) in [6.07, 6.45) is 78.2. The van der Waals surface area contributed by atoms with E-state index in [0.717, 1.165) is 96.3 Å². The Labute approximate surface area is 453 Å². The van der Waals surface area contributed by atoms with Crippen molar-refractivity contribution >= 4 is 17.9 Å². The highest BCUT2D eigenvalue weighted by atomic mass is 16.6. The summed E-state index contributed by atoms with van der Waals surface area (Å²) in [4.78, 5) is 38.1. The van der Waals surface area contributed by atoms with Crippen LogP contribution in [0.3, 0.4) is 0 Å². The number of unbranched alkanes of at least 4 members (excludes halogenated alkanes) is 37. The quantitative estimate of drug-likeness (QED) is 0.0261. The Kier molecular flexibility index (Phi) is 59.2. The number of carbonyl (C=O) groups excluding carboxylic acids is 3. The third kappa shape index (κ3) is 59.9. The van der Waals surface area contributed by atoms with Crippen LogP contribution in [-0.4, -0.2) is 37.2 Å². The number of rotatable bonds is 58. The van der Waals surface area contributed by atoms with Crippen LogP contribution in [0.4, 0.5) is 0 Å². The van der Waals surface area contributed by atoms with Gasteiger partial charge in [-0.2, -0.15) is 0 Å². The Morgan fingerprint density at radius 3 is 0.836 bits per heavy atom. The van der Waals surface area contributed by atoms with Crippen molar-refractivity contribution in [3.05, 3.63) is 60.8 Å². The molecule has 0 heterocycles. The first-order valence-electron chi connectivity index (χ1n) is 31.8. The standard InChI is InChI=1S/C67H120O6/c1-4-7-10-13-16-19-21-23-25-27-29-31-33-34-35-37-38-40-42-44-46-48-51-54-57-60-66(69)72-63-64(62-71-65(68)59-56-53-50-18-15-12-9-6-3)73-67(70)61-58-55-52-49-47-45-43-41-39-36-32-30-28-26-24-22-20-17-14-11-8-5-2/h7,10,16,19,23,25,29,31,34-35,64H,4-6,8-9,11-15,17-18,20-22,24,26-28,30,32-33,36-63H2,1-3H3/b10-7-,19-16-,25-23-,31-29-,35-34-. The van der Waals surface area contributed by atoms with Gasteiger partial charge in [0.15, 0.2) is 6.10 Å². The summed E-state index contributed by atoms with van der Waals surface area (Å²) < 4.78 is 16.9. The van der Waals surface area contributed by atoms with E-state index in [1.165, 1.54) is 193 Å². The molecule has 0 aliphatic rings. The van der Waals surface area contributed by atoms with Crippen LogP contribution < -0.4 is 0 Å². The molecule has 0 spiro atoms. The molecule has 1 unspecified atom stereocenters. The van der Waals surface area contributed by atoms with Gasteiger partial charge in [-0.3, -0.25) is 14.4 Å². The third-order valence-electron chi connectivity index (χ3n) is 14.0. The lowest BCUT2D eigenvalue weighted by atomic mass is 10.0. The maximum atomic E-state index is 12.9. The Balaban J connectivity index is 4.16. The largest absolute Gasteiger partial charge is 0.462 e. The van der Waals surface area contributed by atoms with Crippen LogP contribution in [0.15, 0.2) is 60.8 Å². The number of allylic oxidation sites excluding steroid dienone is 10. The highest BCUT2D eigenvalue weighted by Crippen LogP contribution is 2.17. The molecule has 0 amide bonds. The molecule has 6 heteroatoms. The third-order valence-corrected chi connectivity index (χ3v) is 14.0. The zero-order valence-electron chi connectivity index (χ0n) is 48.7. The summed E-state index contributed by atoms with van der Waals surface area (Å²) in [5.74, 6) is -0.864. The van der Waals surface area contributed by atoms with E-state index >= 15 is 0 Å². The van der Waals surface area contributed by atoms with Crippen LogP contribution >= 0.6 is 0 Å². The van der Waals surface area contributed by atoms with Gasteiger partial charge >= 0.3 is 17.9 Å². The van der Waals surface area contributed by atoms with Gasteiger partial charge in [0.1, 0.15) is 13.2 Å². The maximum Gasteiger partial charge on any atom is 0.306 e. The molecule has 0 aliphatic carbocycles. The molecular weight excluding hydrogens is 901 g/mol. The Bertz CT molecular complexity index is 1310. The fourth-order valence-corrected chi connectivity index (χ4v) is 9.30. The van der Waals surface area contributed by atoms with E-state index in [0.29, 0.717) is 19.3 Å². The topological polar surface area (TPSA) is 78.9 Å². The van der Waals surface area contributed by atoms with Crippen LogP contribution in [0.1, 0.15) is 329 Å². The van der Waals surface area contributed by atoms with Gasteiger partial charge < -0.3 is 14.2 Å². The maximum absolute atomic E-state index is 12.9. The molecule has 0 bridgehead atoms. The Hall–Kier alpha value is -2.89. The minimum Gasteiger partial charge on any atom is -0.462 e. The summed E-state index contributed by atoms with van der Waals surface area (Å²) >= 11 is 0. The van der Waals surface area contributed by atoms with E-state index in [1.54, 1.807) is 0 Å². The molecule has 0 aromatic rings. The molecule has 6 nitrogen and oxygen atoms in total. The van der Waals surface area contributed by atoms with E-state index in [1.807, 2.05) is 0 Å². The van der Waals surface area contributed by atoms with Crippen molar-refractivity contribution in [2.45, 2.75) is 335 Å². The normalized spacial score (nSPS) is 12.4. The second kappa shape index (κ2) is 61.7. The molecule has 73 heavy (non-hydrogen) atoms. The van der Waals surface area contributed by atoms with Crippen molar-refractivity contribution in [3.8, 4) is 0 Å². The second-order valence-corrected chi connectivity index (χ2v) is 21.3. The van der Waals surface area contributed by atoms with Gasteiger partial charge in [0.2, 0.25) is 0 Å². The highest BCUT2D eigenvalue weighted by molar-refractivity contribution is 5.71. The van der Waals surface area contributed by atoms with Crippen molar-refractivity contribution in [1.82, 2.24) is 0 Å². The summed E-state index contributed by atoms with van der Waals surface area (Å²) in [6.45, 7) is 6.54. The molecule has 0 radical (unpaired) electrons. The first-order valence-corrected chi connectivity index (χ1v) is 31.8. The molecule has 0 saturated heterocycles. The number of carbonyl (C=O) groups is 3. The predicted molar refractivity (Wildman–Crippen MR) is 316 cm³/mol. The molecule has 1 atom stereocenters. The predicted octanol–water partition coefficient (Wildman–Crippen LogP) is 21.6. The number of ether oxygens (including phenoxy) is 3. The van der Waals surface area contributed by atoms with Crippen molar-refractivity contribution in [3.63, 3.8) is 0 Å². The average molecular weight is 1020 g/mol. The lowest BCUT2D eigenvalue weighted by Gasteiger charge is -2.18. The number of esters is 3. The SMILES string of the molecule is CC/C=C\C/C=C\C/C=C\C/C=C\C/C=C\CCCCCCCCCCCC(=O)OCC(COC(=O)CCCCCCCCCC)OC(=O)CCCCCCCCCCCCCCCCCCCCCCCC. The highest BCUT2D eigenvalue weighted by Gasteiger charge is 2.19. The molecule has 0 saturated carbocycles. The van der Waals surface area contributed by atoms with Crippen molar-refractivity contribution in [1.29, 1.82) is 0 Å². The van der Waals surface area contributed by atoms with Crippen LogP contribution in [0.25, 0.3) is 0 Å². The zero-order valence-corrected chi connectivity index (χ0v) is 48.7. The fraction of sp³-hybridized carbons (Fsp3) is 0.806. The van der Waals surface area contributed by atoms with E-state index in [9.17, 15) is 14.4 Å². The van der Waals surface area contributed by atoms with Crippen molar-refractivity contribution in [2.75, 3.05) is 13.2 Å². The molecular formula is C67H120O6. The van der Waals surface area contributed by atoms with E-state index in [-0.39, 0.29) is 31.1 Å². The van der Waals surface area contributed by atoms with Gasteiger partial charge in [-0.25, -0.2) is 0 Å². The van der Waals surface area contributed by atoms with E-state index in [2.05, 4.69) is 81.5 Å².